The Labute approximate surface area is 188 Å². The number of carbonyl (C=O) groups excluding carboxylic acids is 2. The number of likely N-dealkylation sites (N-methyl/N-ethyl adjacent to an activating group) is 2. The number of halogens is 1. The van der Waals surface area contributed by atoms with Gasteiger partial charge in [0, 0.05) is 18.6 Å². The van der Waals surface area contributed by atoms with Crippen LogP contribution in [0.25, 0.3) is 0 Å². The number of carbonyl (C=O) groups is 2. The molecule has 2 aliphatic heterocycles. The monoisotopic (exact) mass is 481 g/mol. The van der Waals surface area contributed by atoms with Crippen LogP contribution in [0.1, 0.15) is 16.7 Å². The summed E-state index contributed by atoms with van der Waals surface area (Å²) >= 11 is 3.41. The minimum atomic E-state index is -0.696. The van der Waals surface area contributed by atoms with Gasteiger partial charge in [0.25, 0.3) is 5.91 Å². The van der Waals surface area contributed by atoms with Crippen LogP contribution >= 0.6 is 15.9 Å². The molecule has 8 nitrogen and oxygen atoms in total. The molecule has 0 saturated carbocycles. The van der Waals surface area contributed by atoms with E-state index < -0.39 is 12.1 Å². The van der Waals surface area contributed by atoms with Gasteiger partial charge >= 0.3 is 12.0 Å². The van der Waals surface area contributed by atoms with E-state index in [0.29, 0.717) is 18.3 Å². The van der Waals surface area contributed by atoms with Crippen LogP contribution in [0.5, 0.6) is 0 Å². The van der Waals surface area contributed by atoms with Crippen LogP contribution in [-0.2, 0) is 11.3 Å². The molecule has 0 spiro atoms. The van der Waals surface area contributed by atoms with E-state index in [1.54, 1.807) is 13.3 Å². The zero-order valence-electron chi connectivity index (χ0n) is 17.4. The smallest absolute Gasteiger partial charge is 0.270 e. The minimum absolute atomic E-state index is 0.316. The Bertz CT molecular complexity index is 1140. The lowest BCUT2D eigenvalue weighted by Crippen LogP contribution is -2.61. The highest BCUT2D eigenvalue weighted by Crippen LogP contribution is 2.20. The van der Waals surface area contributed by atoms with E-state index in [0.717, 1.165) is 26.1 Å². The molecular weight excluding hydrogens is 460 g/mol. The number of hydrogen-bond donors (Lipinski definition) is 1. The number of aliphatic imine (C=N–C) groups is 1. The Morgan fingerprint density at radius 3 is 2.61 bits per heavy atom. The summed E-state index contributed by atoms with van der Waals surface area (Å²) in [7, 11) is 3.11. The van der Waals surface area contributed by atoms with Gasteiger partial charge in [-0.1, -0.05) is 62.9 Å². The molecule has 1 fully saturated rings. The molecule has 9 heteroatoms. The number of fused-ring (bicyclic) bond motifs is 1. The Morgan fingerprint density at radius 2 is 1.90 bits per heavy atom. The van der Waals surface area contributed by atoms with E-state index in [4.69, 9.17) is 0 Å². The van der Waals surface area contributed by atoms with Crippen molar-refractivity contribution in [2.45, 2.75) is 19.5 Å². The first kappa shape index (κ1) is 20.9. The Kier molecular flexibility index (Phi) is 5.69. The Balaban J connectivity index is 1.68. The molecule has 2 aliphatic rings. The molecule has 4 rings (SSSR count). The number of nitrogens with one attached hydrogen (secondary N) is 1. The predicted octanol–water partition coefficient (Wildman–Crippen LogP) is 2.55. The second-order valence-corrected chi connectivity index (χ2v) is 8.39. The molecule has 0 radical (unpaired) electrons. The third-order valence-electron chi connectivity index (χ3n) is 5.21. The number of rotatable bonds is 4. The highest BCUT2D eigenvalue weighted by Gasteiger charge is 2.51. The predicted molar refractivity (Wildman–Crippen MR) is 122 cm³/mol. The van der Waals surface area contributed by atoms with Crippen molar-refractivity contribution in [1.29, 1.82) is 0 Å². The summed E-state index contributed by atoms with van der Waals surface area (Å²) in [6.45, 7) is 2.46. The van der Waals surface area contributed by atoms with E-state index in [2.05, 4.69) is 37.5 Å². The average Bonchev–Trinajstić information content (AvgIpc) is 3.10. The molecule has 0 aliphatic carbocycles. The Morgan fingerprint density at radius 1 is 1.16 bits per heavy atom. The number of amidine groups is 1. The summed E-state index contributed by atoms with van der Waals surface area (Å²) in [6, 6.07) is 14.7. The number of hydrogen-bond acceptors (Lipinski definition) is 5. The number of benzene rings is 2. The van der Waals surface area contributed by atoms with E-state index in [-0.39, 0.29) is 5.91 Å². The largest absolute Gasteiger partial charge is 0.414 e. The summed E-state index contributed by atoms with van der Waals surface area (Å²) in [6.07, 6.45) is 1.68. The summed E-state index contributed by atoms with van der Waals surface area (Å²) < 4.78 is 2.82. The first-order valence-electron chi connectivity index (χ1n) is 9.73. The van der Waals surface area contributed by atoms with Crippen LogP contribution in [0.2, 0.25) is 0 Å². The zero-order chi connectivity index (χ0) is 22.1. The molecule has 1 atom stereocenters. The molecule has 2 aromatic rings. The molecule has 1 unspecified atom stereocenters. The second-order valence-electron chi connectivity index (χ2n) is 7.47. The third-order valence-corrected chi connectivity index (χ3v) is 5.74. The van der Waals surface area contributed by atoms with Crippen molar-refractivity contribution in [2.24, 2.45) is 10.1 Å². The van der Waals surface area contributed by atoms with E-state index >= 15 is 0 Å². The number of aryl methyl sites for hydroxylation is 1. The SMILES string of the molecule is Cc1cccc(C[N+]2=C(N/N=C/c3ccc(Br)cc3)N=C3C2C(=O)N(C)C(=O)N3C)c1. The van der Waals surface area contributed by atoms with E-state index in [1.165, 1.54) is 11.9 Å². The Hall–Kier alpha value is -3.33. The molecule has 2 aromatic carbocycles. The van der Waals surface area contributed by atoms with Gasteiger partial charge in [-0.15, -0.1) is 5.10 Å². The van der Waals surface area contributed by atoms with Gasteiger partial charge in [-0.2, -0.15) is 5.43 Å². The van der Waals surface area contributed by atoms with Gasteiger partial charge in [0.15, 0.2) is 0 Å². The number of imide groups is 1. The number of guanidine groups is 1. The number of nitrogens with zero attached hydrogens (tertiary/aromatic N) is 5. The van der Waals surface area contributed by atoms with E-state index in [9.17, 15) is 9.59 Å². The number of amides is 3. The van der Waals surface area contributed by atoms with Gasteiger partial charge in [0.05, 0.1) is 12.8 Å². The van der Waals surface area contributed by atoms with Gasteiger partial charge < -0.3 is 0 Å². The van der Waals surface area contributed by atoms with Gasteiger partial charge in [0.1, 0.15) is 0 Å². The lowest BCUT2D eigenvalue weighted by atomic mass is 10.1. The summed E-state index contributed by atoms with van der Waals surface area (Å²) in [5.41, 5.74) is 6.03. The lowest BCUT2D eigenvalue weighted by molar-refractivity contribution is -0.553. The molecule has 1 saturated heterocycles. The van der Waals surface area contributed by atoms with E-state index in [1.807, 2.05) is 54.0 Å². The third kappa shape index (κ3) is 4.13. The quantitative estimate of drug-likeness (QED) is 0.413. The molecule has 3 amide bonds. The van der Waals surface area contributed by atoms with Crippen molar-refractivity contribution in [3.8, 4) is 0 Å². The van der Waals surface area contributed by atoms with Crippen LogP contribution in [0.3, 0.4) is 0 Å². The van der Waals surface area contributed by atoms with Crippen molar-refractivity contribution in [1.82, 2.24) is 15.2 Å². The maximum absolute atomic E-state index is 13.0. The van der Waals surface area contributed by atoms with Crippen LogP contribution in [0.15, 0.2) is 63.1 Å². The highest BCUT2D eigenvalue weighted by atomic mass is 79.9. The fraction of sp³-hybridized carbons (Fsp3) is 0.227. The second kappa shape index (κ2) is 8.43. The molecule has 1 N–H and O–H groups in total. The molecule has 0 bridgehead atoms. The van der Waals surface area contributed by atoms with Crippen molar-refractivity contribution in [3.05, 3.63) is 69.7 Å². The number of urea groups is 1. The molecule has 158 valence electrons. The topological polar surface area (TPSA) is 80.4 Å². The van der Waals surface area contributed by atoms with Crippen molar-refractivity contribution < 1.29 is 14.2 Å². The average molecular weight is 482 g/mol. The highest BCUT2D eigenvalue weighted by molar-refractivity contribution is 9.10. The molecule has 31 heavy (non-hydrogen) atoms. The minimum Gasteiger partial charge on any atom is -0.270 e. The first-order chi connectivity index (χ1) is 14.8. The fourth-order valence-electron chi connectivity index (χ4n) is 3.57. The van der Waals surface area contributed by atoms with Gasteiger partial charge in [0.2, 0.25) is 11.9 Å². The van der Waals surface area contributed by atoms with Gasteiger partial charge in [-0.3, -0.25) is 14.6 Å². The van der Waals surface area contributed by atoms with Gasteiger partial charge in [-0.05, 0) is 30.2 Å². The fourth-order valence-corrected chi connectivity index (χ4v) is 3.84. The summed E-state index contributed by atoms with van der Waals surface area (Å²) in [5.74, 6) is 0.489. The lowest BCUT2D eigenvalue weighted by Gasteiger charge is -2.31. The number of hydrazone groups is 1. The van der Waals surface area contributed by atoms with Gasteiger partial charge in [-0.25, -0.2) is 9.37 Å². The standard InChI is InChI=1S/C22H21BrN6O2/c1-14-5-4-6-16(11-14)13-29-18-19(27(2)22(31)28(3)20(18)30)25-21(29)26-24-12-15-7-9-17(23)10-8-15/h4-12,18H,13H2,1-3H3/p+1/b24-12+. The maximum atomic E-state index is 13.0. The summed E-state index contributed by atoms with van der Waals surface area (Å²) in [4.78, 5) is 32.5. The zero-order valence-corrected chi connectivity index (χ0v) is 19.0. The van der Waals surface area contributed by atoms with Crippen LogP contribution < -0.4 is 5.43 Å². The molecular formula is C22H22BrN6O2+. The van der Waals surface area contributed by atoms with Crippen molar-refractivity contribution >= 4 is 45.9 Å². The molecule has 0 aromatic heterocycles. The van der Waals surface area contributed by atoms with Crippen LogP contribution in [0.4, 0.5) is 4.79 Å². The normalized spacial score (nSPS) is 18.7. The molecule has 2 heterocycles. The van der Waals surface area contributed by atoms with Crippen LogP contribution in [0, 0.1) is 6.92 Å². The van der Waals surface area contributed by atoms with Crippen molar-refractivity contribution in [2.75, 3.05) is 14.1 Å². The van der Waals surface area contributed by atoms with Crippen molar-refractivity contribution in [3.63, 3.8) is 0 Å². The maximum Gasteiger partial charge on any atom is 0.414 e. The summed E-state index contributed by atoms with van der Waals surface area (Å²) in [5, 5.41) is 4.30. The first-order valence-corrected chi connectivity index (χ1v) is 10.5. The van der Waals surface area contributed by atoms with Crippen LogP contribution in [-0.4, -0.2) is 64.5 Å².